The normalized spacial score (nSPS) is 17.6. The Morgan fingerprint density at radius 1 is 1.46 bits per heavy atom. The maximum Gasteiger partial charge on any atom is 0.273 e. The highest BCUT2D eigenvalue weighted by Gasteiger charge is 2.32. The van der Waals surface area contributed by atoms with Gasteiger partial charge in [-0.2, -0.15) is 0 Å². The summed E-state index contributed by atoms with van der Waals surface area (Å²) in [7, 11) is -2.44. The second-order valence-corrected chi connectivity index (χ2v) is 7.57. The average molecular weight is 401 g/mol. The lowest BCUT2D eigenvalue weighted by Gasteiger charge is -2.36. The molecule has 0 bridgehead atoms. The van der Waals surface area contributed by atoms with Crippen LogP contribution in [-0.2, 0) is 10.0 Å². The molecule has 1 saturated heterocycles. The van der Waals surface area contributed by atoms with Crippen molar-refractivity contribution >= 4 is 28.3 Å². The molecule has 1 unspecified atom stereocenters. The van der Waals surface area contributed by atoms with Gasteiger partial charge in [0.25, 0.3) is 15.9 Å². The van der Waals surface area contributed by atoms with Crippen LogP contribution in [0.5, 0.6) is 0 Å². The van der Waals surface area contributed by atoms with Crippen molar-refractivity contribution in [2.45, 2.75) is 18.1 Å². The van der Waals surface area contributed by atoms with Crippen LogP contribution in [0.4, 0.5) is 0 Å². The number of hydrogen-bond donors (Lipinski definition) is 2. The van der Waals surface area contributed by atoms with E-state index >= 15 is 0 Å². The van der Waals surface area contributed by atoms with Crippen LogP contribution >= 0.6 is 12.4 Å². The van der Waals surface area contributed by atoms with E-state index in [0.717, 1.165) is 5.56 Å². The summed E-state index contributed by atoms with van der Waals surface area (Å²) in [4.78, 5) is 18.9. The van der Waals surface area contributed by atoms with E-state index in [1.807, 2.05) is 12.1 Å². The first-order valence-electron chi connectivity index (χ1n) is 7.89. The second kappa shape index (κ2) is 8.17. The van der Waals surface area contributed by atoms with Crippen LogP contribution in [-0.4, -0.2) is 50.9 Å². The van der Waals surface area contributed by atoms with E-state index in [4.69, 9.17) is 4.42 Å². The maximum atomic E-state index is 13.0. The Morgan fingerprint density at radius 2 is 2.23 bits per heavy atom. The van der Waals surface area contributed by atoms with Gasteiger partial charge in [0, 0.05) is 38.1 Å². The molecule has 1 aliphatic rings. The molecule has 1 aliphatic heterocycles. The molecule has 1 fully saturated rings. The van der Waals surface area contributed by atoms with Gasteiger partial charge in [-0.3, -0.25) is 9.78 Å². The van der Waals surface area contributed by atoms with Gasteiger partial charge in [-0.05, 0) is 25.6 Å². The molecule has 0 aromatic carbocycles. The predicted molar refractivity (Wildman–Crippen MR) is 97.8 cm³/mol. The SMILES string of the molecule is CNS(=O)(=O)c1cc(C(=O)N2CCNCC2c2cccnc2)c(C)o1.Cl. The number of amides is 1. The van der Waals surface area contributed by atoms with Crippen molar-refractivity contribution in [3.05, 3.63) is 47.5 Å². The first-order chi connectivity index (χ1) is 11.9. The molecule has 10 heteroatoms. The number of carbonyl (C=O) groups is 1. The van der Waals surface area contributed by atoms with E-state index < -0.39 is 10.0 Å². The van der Waals surface area contributed by atoms with Gasteiger partial charge in [-0.1, -0.05) is 6.07 Å². The van der Waals surface area contributed by atoms with Crippen molar-refractivity contribution in [3.8, 4) is 0 Å². The standard InChI is InChI=1S/C16H20N4O4S.ClH/c1-11-13(8-15(24-11)25(22,23)17-2)16(21)20-7-6-19-10-14(20)12-4-3-5-18-9-12;/h3-5,8-9,14,17,19H,6-7,10H2,1-2H3;1H. The molecule has 3 heterocycles. The number of furan rings is 1. The fraction of sp³-hybridized carbons (Fsp3) is 0.375. The fourth-order valence-electron chi connectivity index (χ4n) is 2.87. The van der Waals surface area contributed by atoms with Crippen LogP contribution in [0.2, 0.25) is 0 Å². The third-order valence-corrected chi connectivity index (χ3v) is 5.50. The van der Waals surface area contributed by atoms with Gasteiger partial charge in [-0.25, -0.2) is 13.1 Å². The van der Waals surface area contributed by atoms with Gasteiger partial charge in [0.15, 0.2) is 0 Å². The fourth-order valence-corrected chi connectivity index (χ4v) is 3.58. The van der Waals surface area contributed by atoms with Crippen LogP contribution in [0.1, 0.15) is 27.7 Å². The van der Waals surface area contributed by atoms with E-state index in [1.165, 1.54) is 13.1 Å². The van der Waals surface area contributed by atoms with E-state index in [2.05, 4.69) is 15.0 Å². The van der Waals surface area contributed by atoms with Crippen LogP contribution in [0.25, 0.3) is 0 Å². The van der Waals surface area contributed by atoms with Gasteiger partial charge in [-0.15, -0.1) is 12.4 Å². The summed E-state index contributed by atoms with van der Waals surface area (Å²) in [6.45, 7) is 3.37. The summed E-state index contributed by atoms with van der Waals surface area (Å²) in [6, 6.07) is 4.86. The highest BCUT2D eigenvalue weighted by atomic mass is 35.5. The number of sulfonamides is 1. The van der Waals surface area contributed by atoms with Crippen LogP contribution in [0.3, 0.4) is 0 Å². The monoisotopic (exact) mass is 400 g/mol. The smallest absolute Gasteiger partial charge is 0.273 e. The zero-order valence-corrected chi connectivity index (χ0v) is 16.1. The molecule has 3 rings (SSSR count). The van der Waals surface area contributed by atoms with Gasteiger partial charge < -0.3 is 14.6 Å². The quantitative estimate of drug-likeness (QED) is 0.796. The van der Waals surface area contributed by atoms with Crippen molar-refractivity contribution in [1.29, 1.82) is 0 Å². The second-order valence-electron chi connectivity index (χ2n) is 5.75. The van der Waals surface area contributed by atoms with E-state index in [9.17, 15) is 13.2 Å². The summed E-state index contributed by atoms with van der Waals surface area (Å²) in [5, 5.41) is 3.01. The number of carbonyl (C=O) groups excluding carboxylic acids is 1. The summed E-state index contributed by atoms with van der Waals surface area (Å²) in [5.74, 6) is 0.0245. The number of hydrogen-bond acceptors (Lipinski definition) is 6. The number of nitrogens with zero attached hydrogens (tertiary/aromatic N) is 2. The molecule has 2 aromatic rings. The van der Waals surface area contributed by atoms with E-state index in [1.54, 1.807) is 24.2 Å². The number of halogens is 1. The lowest BCUT2D eigenvalue weighted by molar-refractivity contribution is 0.0632. The first-order valence-corrected chi connectivity index (χ1v) is 9.38. The first kappa shape index (κ1) is 20.4. The van der Waals surface area contributed by atoms with Crippen molar-refractivity contribution in [2.75, 3.05) is 26.7 Å². The van der Waals surface area contributed by atoms with Crippen molar-refractivity contribution in [3.63, 3.8) is 0 Å². The van der Waals surface area contributed by atoms with Crippen LogP contribution < -0.4 is 10.0 Å². The van der Waals surface area contributed by atoms with Gasteiger partial charge in [0.1, 0.15) is 5.76 Å². The predicted octanol–water partition coefficient (Wildman–Crippen LogP) is 1.10. The largest absolute Gasteiger partial charge is 0.448 e. The topological polar surface area (TPSA) is 105 Å². The lowest BCUT2D eigenvalue weighted by atomic mass is 10.0. The third kappa shape index (κ3) is 3.90. The lowest BCUT2D eigenvalue weighted by Crippen LogP contribution is -2.48. The Morgan fingerprint density at radius 3 is 2.88 bits per heavy atom. The molecule has 0 aliphatic carbocycles. The molecule has 2 N–H and O–H groups in total. The molecule has 2 aromatic heterocycles. The number of rotatable bonds is 4. The average Bonchev–Trinajstić information content (AvgIpc) is 3.04. The Bertz CT molecular complexity index is 870. The molecule has 8 nitrogen and oxygen atoms in total. The van der Waals surface area contributed by atoms with Crippen molar-refractivity contribution < 1.29 is 17.6 Å². The summed E-state index contributed by atoms with van der Waals surface area (Å²) >= 11 is 0. The minimum absolute atomic E-state index is 0. The third-order valence-electron chi connectivity index (χ3n) is 4.23. The Balaban J connectivity index is 0.00000243. The van der Waals surface area contributed by atoms with Gasteiger partial charge in [0.05, 0.1) is 11.6 Å². The maximum absolute atomic E-state index is 13.0. The molecular formula is C16H21ClN4O4S. The summed E-state index contributed by atoms with van der Waals surface area (Å²) in [6.07, 6.45) is 3.41. The molecule has 1 atom stereocenters. The molecular weight excluding hydrogens is 380 g/mol. The van der Waals surface area contributed by atoms with Gasteiger partial charge >= 0.3 is 0 Å². The van der Waals surface area contributed by atoms with Crippen LogP contribution in [0, 0.1) is 6.92 Å². The molecule has 0 saturated carbocycles. The number of aryl methyl sites for hydroxylation is 1. The zero-order valence-electron chi connectivity index (χ0n) is 14.4. The van der Waals surface area contributed by atoms with Crippen molar-refractivity contribution in [1.82, 2.24) is 19.9 Å². The van der Waals surface area contributed by atoms with Crippen LogP contribution in [0.15, 0.2) is 40.1 Å². The molecule has 26 heavy (non-hydrogen) atoms. The Hall–Kier alpha value is -1.94. The van der Waals surface area contributed by atoms with E-state index in [-0.39, 0.29) is 40.8 Å². The molecule has 142 valence electrons. The minimum atomic E-state index is -3.74. The number of aromatic nitrogens is 1. The highest BCUT2D eigenvalue weighted by molar-refractivity contribution is 7.89. The molecule has 0 spiro atoms. The number of pyridine rings is 1. The zero-order chi connectivity index (χ0) is 18.0. The Kier molecular flexibility index (Phi) is 6.40. The highest BCUT2D eigenvalue weighted by Crippen LogP contribution is 2.26. The number of nitrogens with one attached hydrogen (secondary N) is 2. The molecule has 0 radical (unpaired) electrons. The van der Waals surface area contributed by atoms with Crippen molar-refractivity contribution in [2.24, 2.45) is 0 Å². The summed E-state index contributed by atoms with van der Waals surface area (Å²) < 4.78 is 31.3. The minimum Gasteiger partial charge on any atom is -0.448 e. The van der Waals surface area contributed by atoms with E-state index in [0.29, 0.717) is 19.6 Å². The molecule has 1 amide bonds. The summed E-state index contributed by atoms with van der Waals surface area (Å²) in [5.41, 5.74) is 1.18. The number of piperazine rings is 1. The Labute approximate surface area is 158 Å². The van der Waals surface area contributed by atoms with Gasteiger partial charge in [0.2, 0.25) is 5.09 Å².